The van der Waals surface area contributed by atoms with Crippen molar-refractivity contribution < 1.29 is 5.11 Å². The van der Waals surface area contributed by atoms with Crippen LogP contribution in [0.5, 0.6) is 0 Å². The quantitative estimate of drug-likeness (QED) is 0.533. The predicted molar refractivity (Wildman–Crippen MR) is 43.5 cm³/mol. The Kier molecular flexibility index (Phi) is 7.85. The first kappa shape index (κ1) is 8.92. The summed E-state index contributed by atoms with van der Waals surface area (Å²) >= 11 is 3.14. The van der Waals surface area contributed by atoms with Gasteiger partial charge < -0.3 is 5.11 Å². The maximum atomic E-state index is 8.36. The van der Waals surface area contributed by atoms with Crippen molar-refractivity contribution in [3.63, 3.8) is 0 Å². The summed E-state index contributed by atoms with van der Waals surface area (Å²) in [4.78, 5) is 1.79. The molecule has 0 aromatic carbocycles. The van der Waals surface area contributed by atoms with Gasteiger partial charge in [0, 0.05) is 6.61 Å². The molecule has 0 aromatic heterocycles. The molecule has 52 valence electrons. The molecule has 1 nitrogen and oxygen atoms in total. The second-order valence-corrected chi connectivity index (χ2v) is 2.14. The standard InChI is InChI=1S/C7H11BrO/c8-6-4-2-1-3-5-7-9/h1-2,4,6,9H,3,5,7H2/b2-1-,6-4+. The lowest BCUT2D eigenvalue weighted by Crippen LogP contribution is -1.77. The Morgan fingerprint density at radius 1 is 1.33 bits per heavy atom. The van der Waals surface area contributed by atoms with Crippen LogP contribution in [-0.4, -0.2) is 11.7 Å². The molecule has 0 heterocycles. The average molecular weight is 191 g/mol. The maximum absolute atomic E-state index is 8.36. The van der Waals surface area contributed by atoms with Gasteiger partial charge in [-0.15, -0.1) is 0 Å². The summed E-state index contributed by atoms with van der Waals surface area (Å²) in [5, 5.41) is 8.36. The maximum Gasteiger partial charge on any atom is 0.0433 e. The number of allylic oxidation sites excluding steroid dienone is 3. The van der Waals surface area contributed by atoms with Gasteiger partial charge in [0.25, 0.3) is 0 Å². The second kappa shape index (κ2) is 7.92. The van der Waals surface area contributed by atoms with E-state index in [2.05, 4.69) is 15.9 Å². The molecule has 1 N–H and O–H groups in total. The van der Waals surface area contributed by atoms with E-state index in [9.17, 15) is 0 Å². The smallest absolute Gasteiger partial charge is 0.0433 e. The zero-order valence-corrected chi connectivity index (χ0v) is 6.84. The minimum atomic E-state index is 0.280. The Morgan fingerprint density at radius 2 is 2.11 bits per heavy atom. The molecule has 0 bridgehead atoms. The fraction of sp³-hybridized carbons (Fsp3) is 0.429. The molecule has 0 radical (unpaired) electrons. The highest BCUT2D eigenvalue weighted by atomic mass is 79.9. The number of aliphatic hydroxyl groups excluding tert-OH is 1. The minimum absolute atomic E-state index is 0.280. The summed E-state index contributed by atoms with van der Waals surface area (Å²) < 4.78 is 0. The largest absolute Gasteiger partial charge is 0.396 e. The Morgan fingerprint density at radius 3 is 2.67 bits per heavy atom. The van der Waals surface area contributed by atoms with Crippen molar-refractivity contribution in [3.05, 3.63) is 23.2 Å². The highest BCUT2D eigenvalue weighted by Crippen LogP contribution is 1.90. The second-order valence-electron chi connectivity index (χ2n) is 1.61. The highest BCUT2D eigenvalue weighted by molar-refractivity contribution is 9.11. The first-order valence-electron chi connectivity index (χ1n) is 2.94. The summed E-state index contributed by atoms with van der Waals surface area (Å²) in [7, 11) is 0. The average Bonchev–Trinajstić information content (AvgIpc) is 1.89. The molecule has 0 amide bonds. The zero-order valence-electron chi connectivity index (χ0n) is 5.26. The number of unbranched alkanes of at least 4 members (excludes halogenated alkanes) is 1. The van der Waals surface area contributed by atoms with Crippen molar-refractivity contribution in [2.75, 3.05) is 6.61 Å². The normalized spacial score (nSPS) is 11.8. The third-order valence-corrected chi connectivity index (χ3v) is 1.15. The molecule has 0 unspecified atom stereocenters. The summed E-state index contributed by atoms with van der Waals surface area (Å²) in [5.74, 6) is 0. The van der Waals surface area contributed by atoms with Gasteiger partial charge in [-0.1, -0.05) is 34.2 Å². The topological polar surface area (TPSA) is 20.2 Å². The molecule has 0 aliphatic rings. The van der Waals surface area contributed by atoms with E-state index in [1.54, 1.807) is 4.99 Å². The lowest BCUT2D eigenvalue weighted by molar-refractivity contribution is 0.289. The monoisotopic (exact) mass is 190 g/mol. The number of rotatable bonds is 4. The number of hydrogen-bond donors (Lipinski definition) is 1. The van der Waals surface area contributed by atoms with Gasteiger partial charge in [0.15, 0.2) is 0 Å². The molecule has 2 heteroatoms. The van der Waals surface area contributed by atoms with Crippen molar-refractivity contribution >= 4 is 15.9 Å². The van der Waals surface area contributed by atoms with E-state index in [-0.39, 0.29) is 6.61 Å². The third-order valence-electron chi connectivity index (χ3n) is 0.849. The Bertz CT molecular complexity index is 97.1. The van der Waals surface area contributed by atoms with Gasteiger partial charge in [0.2, 0.25) is 0 Å². The van der Waals surface area contributed by atoms with Crippen LogP contribution in [0.2, 0.25) is 0 Å². The molecule has 0 aliphatic heterocycles. The van der Waals surface area contributed by atoms with Crippen molar-refractivity contribution in [1.82, 2.24) is 0 Å². The fourth-order valence-corrected chi connectivity index (χ4v) is 0.602. The van der Waals surface area contributed by atoms with Crippen LogP contribution in [0.3, 0.4) is 0 Å². The highest BCUT2D eigenvalue weighted by Gasteiger charge is 1.75. The first-order chi connectivity index (χ1) is 4.41. The molecule has 9 heavy (non-hydrogen) atoms. The van der Waals surface area contributed by atoms with Crippen molar-refractivity contribution in [2.45, 2.75) is 12.8 Å². The summed E-state index contributed by atoms with van der Waals surface area (Å²) in [6, 6.07) is 0. The summed E-state index contributed by atoms with van der Waals surface area (Å²) in [6.07, 6.45) is 7.68. The molecule has 0 saturated heterocycles. The van der Waals surface area contributed by atoms with Gasteiger partial charge >= 0.3 is 0 Å². The molecule has 0 aliphatic carbocycles. The summed E-state index contributed by atoms with van der Waals surface area (Å²) in [5.41, 5.74) is 0. The first-order valence-corrected chi connectivity index (χ1v) is 3.86. The molecule has 0 aromatic rings. The molecule has 0 saturated carbocycles. The van der Waals surface area contributed by atoms with Crippen LogP contribution in [0.15, 0.2) is 23.2 Å². The minimum Gasteiger partial charge on any atom is -0.396 e. The van der Waals surface area contributed by atoms with E-state index < -0.39 is 0 Å². The van der Waals surface area contributed by atoms with Crippen molar-refractivity contribution in [3.8, 4) is 0 Å². The van der Waals surface area contributed by atoms with Gasteiger partial charge in [0.05, 0.1) is 0 Å². The Hall–Kier alpha value is -0.0800. The van der Waals surface area contributed by atoms with Gasteiger partial charge in [-0.2, -0.15) is 0 Å². The van der Waals surface area contributed by atoms with Crippen LogP contribution < -0.4 is 0 Å². The van der Waals surface area contributed by atoms with Crippen LogP contribution in [0, 0.1) is 0 Å². The van der Waals surface area contributed by atoms with Crippen LogP contribution >= 0.6 is 15.9 Å². The summed E-state index contributed by atoms with van der Waals surface area (Å²) in [6.45, 7) is 0.280. The van der Waals surface area contributed by atoms with Crippen LogP contribution in [0.4, 0.5) is 0 Å². The molecule has 0 fully saturated rings. The zero-order chi connectivity index (χ0) is 6.95. The van der Waals surface area contributed by atoms with Gasteiger partial charge in [-0.05, 0) is 17.8 Å². The number of aliphatic hydroxyl groups is 1. The molecular weight excluding hydrogens is 180 g/mol. The van der Waals surface area contributed by atoms with E-state index in [0.29, 0.717) is 0 Å². The number of halogens is 1. The van der Waals surface area contributed by atoms with Gasteiger partial charge in [-0.3, -0.25) is 0 Å². The predicted octanol–water partition coefficient (Wildman–Crippen LogP) is 2.22. The van der Waals surface area contributed by atoms with E-state index in [1.165, 1.54) is 0 Å². The Balaban J connectivity index is 3.04. The molecule has 0 atom stereocenters. The van der Waals surface area contributed by atoms with Crippen molar-refractivity contribution in [1.29, 1.82) is 0 Å². The van der Waals surface area contributed by atoms with E-state index in [1.807, 2.05) is 18.2 Å². The van der Waals surface area contributed by atoms with Crippen LogP contribution in [-0.2, 0) is 0 Å². The lowest BCUT2D eigenvalue weighted by Gasteiger charge is -1.84. The van der Waals surface area contributed by atoms with Crippen LogP contribution in [0.25, 0.3) is 0 Å². The molecule has 0 spiro atoms. The third kappa shape index (κ3) is 7.92. The van der Waals surface area contributed by atoms with Crippen LogP contribution in [0.1, 0.15) is 12.8 Å². The molecular formula is C7H11BrO. The van der Waals surface area contributed by atoms with Crippen molar-refractivity contribution in [2.24, 2.45) is 0 Å². The Labute approximate surface area is 64.2 Å². The van der Waals surface area contributed by atoms with E-state index in [4.69, 9.17) is 5.11 Å². The van der Waals surface area contributed by atoms with E-state index in [0.717, 1.165) is 12.8 Å². The molecule has 0 rings (SSSR count). The van der Waals surface area contributed by atoms with E-state index >= 15 is 0 Å². The SMILES string of the molecule is OCCC/C=C\C=C\Br. The van der Waals surface area contributed by atoms with Gasteiger partial charge in [-0.25, -0.2) is 0 Å². The number of hydrogen-bond acceptors (Lipinski definition) is 1. The fourth-order valence-electron chi connectivity index (χ4n) is 0.426. The lowest BCUT2D eigenvalue weighted by atomic mass is 10.3. The van der Waals surface area contributed by atoms with Gasteiger partial charge in [0.1, 0.15) is 0 Å².